The molecule has 0 fully saturated rings. The number of carboxylic acid groups (broad SMARTS) is 1. The first-order valence-electron chi connectivity index (χ1n) is 18.1. The molecule has 9 unspecified atom stereocenters. The fourth-order valence-electron chi connectivity index (χ4n) is 7.08. The lowest BCUT2D eigenvalue weighted by Crippen LogP contribution is -2.46. The largest absolute Gasteiger partial charge is 0.507 e. The van der Waals surface area contributed by atoms with Crippen LogP contribution in [0.2, 0.25) is 0 Å². The first kappa shape index (κ1) is 44.0. The molecular formula is C40H51NO14S. The van der Waals surface area contributed by atoms with E-state index in [1.807, 2.05) is 0 Å². The van der Waals surface area contributed by atoms with Gasteiger partial charge < -0.3 is 54.9 Å². The topological polar surface area (TPSA) is 239 Å². The summed E-state index contributed by atoms with van der Waals surface area (Å²) in [5.74, 6) is -10.1. The molecule has 5 rings (SSSR count). The van der Waals surface area contributed by atoms with Crippen LogP contribution in [0.3, 0.4) is 0 Å². The Balaban J connectivity index is 1.96. The summed E-state index contributed by atoms with van der Waals surface area (Å²) < 4.78 is 23.3. The Morgan fingerprint density at radius 1 is 0.946 bits per heavy atom. The Bertz CT molecular complexity index is 1970. The Morgan fingerprint density at radius 3 is 2.21 bits per heavy atom. The van der Waals surface area contributed by atoms with E-state index in [0.29, 0.717) is 0 Å². The van der Waals surface area contributed by atoms with Crippen LogP contribution in [-0.4, -0.2) is 97.3 Å². The number of aliphatic hydroxyl groups is 2. The number of phenolic OH excluding ortho intramolecular Hbond substituents is 3. The number of methoxy groups -OCH3 is 1. The van der Waals surface area contributed by atoms with Crippen LogP contribution in [-0.2, 0) is 28.6 Å². The molecule has 0 saturated heterocycles. The lowest BCUT2D eigenvalue weighted by atomic mass is 9.78. The number of thioether (sulfide) groups is 1. The van der Waals surface area contributed by atoms with Gasteiger partial charge in [-0.1, -0.05) is 45.9 Å². The zero-order chi connectivity index (χ0) is 42.0. The average Bonchev–Trinajstić information content (AvgIpc) is 3.41. The SMILES string of the molecule is COC1/C=C\OC2(C)Oc3c(C)c(O)c4c(O)c(c(SCCC(=O)O)c(O)c4c3C2=O)NC(=O)/C(C)=C\C=C/C(C)C(O)C(C)C(O)C(C)C(OC(C)=O)C1C. The highest BCUT2D eigenvalue weighted by Gasteiger charge is 2.50. The second-order valence-electron chi connectivity index (χ2n) is 14.5. The standard InChI is InChI=1S/C40H51NO14S/c1-17-11-10-12-18(2)39(51)41-29-33(48)27-26(34(49)37(29)56-16-14-25(43)44)28-36(22(6)32(27)47)55-40(8,38(28)50)53-15-13-24(52-9)19(3)35(54-23(7)42)21(5)31(46)20(4)30(17)45/h10-13,15,17,19-21,24,30-31,35,45-49H,14,16H2,1-9H3,(H,41,51)(H,43,44)/b11-10-,15-13-,18-12-. The van der Waals surface area contributed by atoms with E-state index >= 15 is 0 Å². The number of carboxylic acids is 1. The van der Waals surface area contributed by atoms with Crippen LogP contribution in [0.5, 0.6) is 23.0 Å². The molecule has 9 atom stereocenters. The van der Waals surface area contributed by atoms with Crippen molar-refractivity contribution >= 4 is 51.9 Å². The second kappa shape index (κ2) is 17.6. The normalized spacial score (nSPS) is 30.9. The van der Waals surface area contributed by atoms with E-state index in [1.54, 1.807) is 33.8 Å². The molecule has 3 aliphatic rings. The zero-order valence-corrected chi connectivity index (χ0v) is 33.6. The Labute approximate surface area is 329 Å². The highest BCUT2D eigenvalue weighted by molar-refractivity contribution is 7.99. The van der Waals surface area contributed by atoms with Gasteiger partial charge in [0.15, 0.2) is 5.75 Å². The minimum Gasteiger partial charge on any atom is -0.507 e. The van der Waals surface area contributed by atoms with Gasteiger partial charge in [0.05, 0.1) is 46.8 Å². The number of aliphatic hydroxyl groups excluding tert-OH is 2. The molecule has 1 amide bonds. The number of ketones is 1. The summed E-state index contributed by atoms with van der Waals surface area (Å²) in [5, 5.41) is 68.8. The van der Waals surface area contributed by atoms with Crippen molar-refractivity contribution in [3.05, 3.63) is 47.3 Å². The Hall–Kier alpha value is -4.77. The molecule has 7 N–H and O–H groups in total. The fraction of sp³-hybridized carbons (Fsp3) is 0.500. The third kappa shape index (κ3) is 8.62. The third-order valence-electron chi connectivity index (χ3n) is 10.5. The van der Waals surface area contributed by atoms with Gasteiger partial charge in [0.1, 0.15) is 29.0 Å². The van der Waals surface area contributed by atoms with E-state index in [2.05, 4.69) is 5.32 Å². The minimum atomic E-state index is -2.08. The first-order valence-corrected chi connectivity index (χ1v) is 19.1. The van der Waals surface area contributed by atoms with E-state index in [4.69, 9.17) is 18.9 Å². The molecule has 2 aromatic carbocycles. The van der Waals surface area contributed by atoms with Crippen LogP contribution >= 0.6 is 11.8 Å². The average molecular weight is 802 g/mol. The number of amides is 1. The fourth-order valence-corrected chi connectivity index (χ4v) is 8.09. The van der Waals surface area contributed by atoms with Crippen molar-refractivity contribution in [2.75, 3.05) is 18.2 Å². The van der Waals surface area contributed by atoms with Gasteiger partial charge in [-0.05, 0) is 19.9 Å². The molecule has 3 heterocycles. The van der Waals surface area contributed by atoms with Crippen LogP contribution in [0.4, 0.5) is 5.69 Å². The number of nitrogens with one attached hydrogen (secondary N) is 1. The molecule has 3 aliphatic heterocycles. The minimum absolute atomic E-state index is 0.00726. The summed E-state index contributed by atoms with van der Waals surface area (Å²) in [6.45, 7) is 12.2. The number of fused-ring (bicyclic) bond motifs is 14. The Morgan fingerprint density at radius 2 is 1.61 bits per heavy atom. The summed E-state index contributed by atoms with van der Waals surface area (Å²) in [7, 11) is 1.41. The number of anilines is 1. The van der Waals surface area contributed by atoms with Crippen molar-refractivity contribution in [1.29, 1.82) is 0 Å². The maximum absolute atomic E-state index is 14.3. The number of rotatable bonds is 6. The van der Waals surface area contributed by atoms with E-state index in [0.717, 1.165) is 18.0 Å². The van der Waals surface area contributed by atoms with Gasteiger partial charge in [-0.25, -0.2) is 0 Å². The van der Waals surface area contributed by atoms with Crippen molar-refractivity contribution in [3.8, 4) is 23.0 Å². The number of hydrogen-bond donors (Lipinski definition) is 7. The smallest absolute Gasteiger partial charge is 0.312 e. The number of ether oxygens (including phenoxy) is 4. The molecule has 306 valence electrons. The molecule has 0 saturated carbocycles. The van der Waals surface area contributed by atoms with Gasteiger partial charge in [0.2, 0.25) is 0 Å². The summed E-state index contributed by atoms with van der Waals surface area (Å²) in [6, 6.07) is 0. The second-order valence-corrected chi connectivity index (χ2v) is 15.6. The van der Waals surface area contributed by atoms with Gasteiger partial charge in [0.25, 0.3) is 11.7 Å². The first-order chi connectivity index (χ1) is 26.2. The summed E-state index contributed by atoms with van der Waals surface area (Å²) in [4.78, 5) is 51.3. The number of phenols is 3. The predicted molar refractivity (Wildman–Crippen MR) is 207 cm³/mol. The van der Waals surface area contributed by atoms with Crippen LogP contribution in [0.15, 0.2) is 41.0 Å². The maximum atomic E-state index is 14.3. The van der Waals surface area contributed by atoms with Crippen LogP contribution in [0.1, 0.15) is 70.8 Å². The molecule has 16 heteroatoms. The quantitative estimate of drug-likeness (QED) is 0.0847. The summed E-state index contributed by atoms with van der Waals surface area (Å²) >= 11 is 0.794. The number of carbonyl (C=O) groups excluding carboxylic acids is 3. The van der Waals surface area contributed by atoms with Crippen LogP contribution in [0, 0.1) is 30.6 Å². The van der Waals surface area contributed by atoms with Crippen molar-refractivity contribution in [2.24, 2.45) is 23.7 Å². The molecule has 2 aromatic rings. The van der Waals surface area contributed by atoms with Gasteiger partial charge in [0, 0.05) is 66.9 Å². The molecule has 56 heavy (non-hydrogen) atoms. The number of allylic oxidation sites excluding steroid dienone is 2. The number of aliphatic carboxylic acids is 1. The maximum Gasteiger partial charge on any atom is 0.312 e. The lowest BCUT2D eigenvalue weighted by Gasteiger charge is -2.38. The summed E-state index contributed by atoms with van der Waals surface area (Å²) in [5.41, 5.74) is -0.457. The van der Waals surface area contributed by atoms with Gasteiger partial charge in [-0.3, -0.25) is 19.2 Å². The molecule has 0 radical (unpaired) electrons. The predicted octanol–water partition coefficient (Wildman–Crippen LogP) is 5.32. The lowest BCUT2D eigenvalue weighted by molar-refractivity contribution is -0.160. The number of hydrogen-bond acceptors (Lipinski definition) is 14. The van der Waals surface area contributed by atoms with E-state index in [-0.39, 0.29) is 56.0 Å². The van der Waals surface area contributed by atoms with Gasteiger partial charge >= 0.3 is 17.7 Å². The van der Waals surface area contributed by atoms with Gasteiger partial charge in [-0.15, -0.1) is 11.8 Å². The molecule has 0 spiro atoms. The number of carbonyl (C=O) groups is 4. The summed E-state index contributed by atoms with van der Waals surface area (Å²) in [6.07, 6.45) is 2.89. The number of benzene rings is 2. The molecule has 0 aromatic heterocycles. The molecule has 15 nitrogen and oxygen atoms in total. The van der Waals surface area contributed by atoms with E-state index < -0.39 is 94.8 Å². The van der Waals surface area contributed by atoms with E-state index in [9.17, 15) is 49.8 Å². The van der Waals surface area contributed by atoms with Crippen LogP contribution in [0.25, 0.3) is 10.8 Å². The highest BCUT2D eigenvalue weighted by atomic mass is 32.2. The molecule has 5 bridgehead atoms. The van der Waals surface area contributed by atoms with E-state index in [1.165, 1.54) is 53.0 Å². The number of aromatic hydroxyl groups is 3. The van der Waals surface area contributed by atoms with Crippen molar-refractivity contribution in [2.45, 2.75) is 96.9 Å². The van der Waals surface area contributed by atoms with Crippen LogP contribution < -0.4 is 10.1 Å². The Kier molecular flexibility index (Phi) is 13.8. The number of Topliss-reactive ketones (excluding diaryl/α,β-unsaturated/α-hetero) is 1. The number of esters is 1. The monoisotopic (exact) mass is 801 g/mol. The third-order valence-corrected chi connectivity index (χ3v) is 11.6. The molecule has 0 aliphatic carbocycles. The highest BCUT2D eigenvalue weighted by Crippen LogP contribution is 2.57. The molecular weight excluding hydrogens is 750 g/mol. The van der Waals surface area contributed by atoms with Crippen molar-refractivity contribution in [1.82, 2.24) is 0 Å². The van der Waals surface area contributed by atoms with Crippen molar-refractivity contribution in [3.63, 3.8) is 0 Å². The zero-order valence-electron chi connectivity index (χ0n) is 32.8. The van der Waals surface area contributed by atoms with Crippen molar-refractivity contribution < 1.29 is 68.8 Å². The van der Waals surface area contributed by atoms with Gasteiger partial charge in [-0.2, -0.15) is 0 Å².